The molecule has 4 nitrogen and oxygen atoms in total. The number of rotatable bonds is 7. The second-order valence-electron chi connectivity index (χ2n) is 5.66. The third-order valence-corrected chi connectivity index (χ3v) is 3.88. The molecule has 1 rings (SSSR count). The number of piperidine rings is 1. The van der Waals surface area contributed by atoms with Crippen molar-refractivity contribution < 1.29 is 23.1 Å². The van der Waals surface area contributed by atoms with Gasteiger partial charge in [0.2, 0.25) is 5.91 Å². The Morgan fingerprint density at radius 2 is 1.95 bits per heavy atom. The number of carbonyl (C=O) groups is 1. The zero-order valence-corrected chi connectivity index (χ0v) is 12.5. The molecule has 124 valence electrons. The summed E-state index contributed by atoms with van der Waals surface area (Å²) in [6.07, 6.45) is -3.16. The van der Waals surface area contributed by atoms with E-state index in [1.807, 2.05) is 4.90 Å². The van der Waals surface area contributed by atoms with E-state index in [-0.39, 0.29) is 25.3 Å². The first-order valence-electron chi connectivity index (χ1n) is 7.58. The second kappa shape index (κ2) is 8.58. The number of unbranched alkanes of at least 4 members (excludes halogenated alkanes) is 2. The molecular formula is C14H25F3N2O2. The van der Waals surface area contributed by atoms with Crippen molar-refractivity contribution in [1.29, 1.82) is 0 Å². The fourth-order valence-electron chi connectivity index (χ4n) is 2.56. The standard InChI is InChI=1S/C14H25F3N2O2/c1-2-3-4-7-18-12(20)10-19-8-5-11(6-9-19)13(21)14(15,16)17/h11,13,21H,2-10H2,1H3,(H,18,20). The van der Waals surface area contributed by atoms with Crippen LogP contribution in [-0.4, -0.2) is 54.4 Å². The lowest BCUT2D eigenvalue weighted by molar-refractivity contribution is -0.223. The molecule has 1 unspecified atom stereocenters. The summed E-state index contributed by atoms with van der Waals surface area (Å²) in [5.74, 6) is -0.838. The number of hydrogen-bond acceptors (Lipinski definition) is 3. The molecule has 0 aromatic carbocycles. The molecule has 0 aromatic rings. The summed E-state index contributed by atoms with van der Waals surface area (Å²) in [6.45, 7) is 3.79. The van der Waals surface area contributed by atoms with E-state index in [0.29, 0.717) is 19.6 Å². The number of alkyl halides is 3. The Kier molecular flexibility index (Phi) is 7.45. The second-order valence-corrected chi connectivity index (χ2v) is 5.66. The maximum Gasteiger partial charge on any atom is 0.414 e. The SMILES string of the molecule is CCCCCNC(=O)CN1CCC(C(O)C(F)(F)F)CC1. The molecule has 0 aromatic heterocycles. The monoisotopic (exact) mass is 310 g/mol. The number of nitrogens with one attached hydrogen (secondary N) is 1. The summed E-state index contributed by atoms with van der Waals surface area (Å²) in [5.41, 5.74) is 0. The van der Waals surface area contributed by atoms with Crippen LogP contribution in [0.5, 0.6) is 0 Å². The van der Waals surface area contributed by atoms with E-state index in [4.69, 9.17) is 0 Å². The van der Waals surface area contributed by atoms with Crippen molar-refractivity contribution in [3.05, 3.63) is 0 Å². The van der Waals surface area contributed by atoms with Crippen molar-refractivity contribution in [3.63, 3.8) is 0 Å². The Morgan fingerprint density at radius 3 is 2.48 bits per heavy atom. The lowest BCUT2D eigenvalue weighted by atomic mass is 9.91. The van der Waals surface area contributed by atoms with Crippen LogP contribution < -0.4 is 5.32 Å². The quantitative estimate of drug-likeness (QED) is 0.707. The Labute approximate surface area is 123 Å². The van der Waals surface area contributed by atoms with Crippen LogP contribution >= 0.6 is 0 Å². The van der Waals surface area contributed by atoms with Crippen LogP contribution in [-0.2, 0) is 4.79 Å². The highest BCUT2D eigenvalue weighted by atomic mass is 19.4. The molecule has 21 heavy (non-hydrogen) atoms. The molecule has 1 fully saturated rings. The maximum atomic E-state index is 12.4. The number of aliphatic hydroxyl groups is 1. The molecular weight excluding hydrogens is 285 g/mol. The minimum absolute atomic E-state index is 0.0825. The van der Waals surface area contributed by atoms with E-state index in [0.717, 1.165) is 19.3 Å². The summed E-state index contributed by atoms with van der Waals surface area (Å²) in [5, 5.41) is 12.0. The zero-order valence-electron chi connectivity index (χ0n) is 12.5. The van der Waals surface area contributed by atoms with E-state index in [9.17, 15) is 23.1 Å². The number of amides is 1. The van der Waals surface area contributed by atoms with Crippen molar-refractivity contribution in [3.8, 4) is 0 Å². The van der Waals surface area contributed by atoms with Crippen LogP contribution in [0.3, 0.4) is 0 Å². The van der Waals surface area contributed by atoms with Gasteiger partial charge in [0.05, 0.1) is 6.54 Å². The smallest absolute Gasteiger partial charge is 0.383 e. The number of halogens is 3. The molecule has 1 saturated heterocycles. The van der Waals surface area contributed by atoms with E-state index in [1.54, 1.807) is 0 Å². The fourth-order valence-corrected chi connectivity index (χ4v) is 2.56. The summed E-state index contributed by atoms with van der Waals surface area (Å²) < 4.78 is 37.2. The molecule has 1 amide bonds. The van der Waals surface area contributed by atoms with Gasteiger partial charge in [-0.3, -0.25) is 9.69 Å². The Bertz CT molecular complexity index is 316. The predicted octanol–water partition coefficient (Wildman–Crippen LogP) is 1.93. The van der Waals surface area contributed by atoms with Crippen LogP contribution in [0.1, 0.15) is 39.0 Å². The summed E-state index contributed by atoms with van der Waals surface area (Å²) >= 11 is 0. The third kappa shape index (κ3) is 6.65. The normalized spacial score (nSPS) is 19.5. The largest absolute Gasteiger partial charge is 0.414 e. The summed E-state index contributed by atoms with van der Waals surface area (Å²) in [7, 11) is 0. The Morgan fingerprint density at radius 1 is 1.33 bits per heavy atom. The van der Waals surface area contributed by atoms with Gasteiger partial charge in [-0.05, 0) is 38.3 Å². The van der Waals surface area contributed by atoms with Crippen molar-refractivity contribution in [2.75, 3.05) is 26.2 Å². The van der Waals surface area contributed by atoms with Crippen LogP contribution in [0.15, 0.2) is 0 Å². The number of likely N-dealkylation sites (tertiary alicyclic amines) is 1. The van der Waals surface area contributed by atoms with Gasteiger partial charge in [0, 0.05) is 6.54 Å². The maximum absolute atomic E-state index is 12.4. The van der Waals surface area contributed by atoms with Crippen LogP contribution in [0.4, 0.5) is 13.2 Å². The highest BCUT2D eigenvalue weighted by Crippen LogP contribution is 2.31. The molecule has 0 radical (unpaired) electrons. The summed E-state index contributed by atoms with van der Waals surface area (Å²) in [6, 6.07) is 0. The first kappa shape index (κ1) is 18.2. The van der Waals surface area contributed by atoms with Gasteiger partial charge in [-0.2, -0.15) is 13.2 Å². The van der Waals surface area contributed by atoms with E-state index in [1.165, 1.54) is 0 Å². The molecule has 7 heteroatoms. The third-order valence-electron chi connectivity index (χ3n) is 3.88. The molecule has 0 saturated carbocycles. The number of carbonyl (C=O) groups excluding carboxylic acids is 1. The number of nitrogens with zero attached hydrogens (tertiary/aromatic N) is 1. The topological polar surface area (TPSA) is 52.6 Å². The Hall–Kier alpha value is -0.820. The predicted molar refractivity (Wildman–Crippen MR) is 73.8 cm³/mol. The molecule has 2 N–H and O–H groups in total. The zero-order chi connectivity index (χ0) is 15.9. The lowest BCUT2D eigenvalue weighted by Gasteiger charge is -2.34. The highest BCUT2D eigenvalue weighted by Gasteiger charge is 2.44. The van der Waals surface area contributed by atoms with Gasteiger partial charge in [0.25, 0.3) is 0 Å². The van der Waals surface area contributed by atoms with Gasteiger partial charge in [0.15, 0.2) is 6.10 Å². The lowest BCUT2D eigenvalue weighted by Crippen LogP contribution is -2.46. The van der Waals surface area contributed by atoms with Crippen molar-refractivity contribution in [2.24, 2.45) is 5.92 Å². The van der Waals surface area contributed by atoms with E-state index >= 15 is 0 Å². The van der Waals surface area contributed by atoms with Crippen molar-refractivity contribution in [1.82, 2.24) is 10.2 Å². The first-order valence-corrected chi connectivity index (χ1v) is 7.58. The number of hydrogen-bond donors (Lipinski definition) is 2. The van der Waals surface area contributed by atoms with Gasteiger partial charge in [-0.15, -0.1) is 0 Å². The van der Waals surface area contributed by atoms with E-state index in [2.05, 4.69) is 12.2 Å². The minimum Gasteiger partial charge on any atom is -0.383 e. The van der Waals surface area contributed by atoms with Crippen molar-refractivity contribution >= 4 is 5.91 Å². The van der Waals surface area contributed by atoms with Crippen LogP contribution in [0.25, 0.3) is 0 Å². The Balaban J connectivity index is 2.22. The molecule has 1 aliphatic rings. The molecule has 0 aliphatic carbocycles. The van der Waals surface area contributed by atoms with Gasteiger partial charge in [0.1, 0.15) is 0 Å². The molecule has 1 aliphatic heterocycles. The minimum atomic E-state index is -4.55. The van der Waals surface area contributed by atoms with Gasteiger partial charge < -0.3 is 10.4 Å². The highest BCUT2D eigenvalue weighted by molar-refractivity contribution is 5.77. The molecule has 0 spiro atoms. The summed E-state index contributed by atoms with van der Waals surface area (Å²) in [4.78, 5) is 13.5. The average molecular weight is 310 g/mol. The van der Waals surface area contributed by atoms with Gasteiger partial charge >= 0.3 is 6.18 Å². The molecule has 1 heterocycles. The van der Waals surface area contributed by atoms with Gasteiger partial charge in [-0.1, -0.05) is 19.8 Å². The van der Waals surface area contributed by atoms with E-state index < -0.39 is 18.2 Å². The fraction of sp³-hybridized carbons (Fsp3) is 0.929. The van der Waals surface area contributed by atoms with Gasteiger partial charge in [-0.25, -0.2) is 0 Å². The first-order chi connectivity index (χ1) is 9.84. The molecule has 1 atom stereocenters. The average Bonchev–Trinajstić information content (AvgIpc) is 2.43. The van der Waals surface area contributed by atoms with Crippen LogP contribution in [0, 0.1) is 5.92 Å². The van der Waals surface area contributed by atoms with Crippen LogP contribution in [0.2, 0.25) is 0 Å². The number of aliphatic hydroxyl groups excluding tert-OH is 1. The molecule has 0 bridgehead atoms. The van der Waals surface area contributed by atoms with Crippen molar-refractivity contribution in [2.45, 2.75) is 51.3 Å².